The molecule has 0 aliphatic heterocycles. The summed E-state index contributed by atoms with van der Waals surface area (Å²) in [5.74, 6) is -0.580. The van der Waals surface area contributed by atoms with Gasteiger partial charge in [0.05, 0.1) is 17.2 Å². The Labute approximate surface area is 235 Å². The molecule has 3 rings (SSSR count). The third-order valence-electron chi connectivity index (χ3n) is 5.91. The quantitative estimate of drug-likeness (QED) is 0.334. The Bertz CT molecular complexity index is 1370. The fraction of sp³-hybridized carbons (Fsp3) is 0.310. The van der Waals surface area contributed by atoms with Crippen LogP contribution in [-0.4, -0.2) is 50.4 Å². The second-order valence-electron chi connectivity index (χ2n) is 9.21. The molecule has 0 bridgehead atoms. The molecule has 2 amide bonds. The van der Waals surface area contributed by atoms with Crippen molar-refractivity contribution >= 4 is 39.1 Å². The lowest BCUT2D eigenvalue weighted by Gasteiger charge is -2.32. The van der Waals surface area contributed by atoms with Gasteiger partial charge >= 0.3 is 0 Å². The SMILES string of the molecule is CCOc1ccccc1N(CC(=O)N(Cc1ccc(Cl)cc1)[C@H](C)C(=O)NC(C)C)S(=O)(=O)c1ccccc1. The number of halogens is 1. The number of carbonyl (C=O) groups is 2. The standard InChI is InChI=1S/C29H34ClN3O5S/c1-5-38-27-14-10-9-13-26(27)33(39(36,37)25-11-7-6-8-12-25)20-28(34)32(22(4)29(35)31-21(2)3)19-23-15-17-24(30)18-16-23/h6-18,21-22H,5,19-20H2,1-4H3,(H,31,35)/t22-/m1/s1. The van der Waals surface area contributed by atoms with Gasteiger partial charge in [0, 0.05) is 17.6 Å². The van der Waals surface area contributed by atoms with Crippen molar-refractivity contribution in [2.24, 2.45) is 0 Å². The lowest BCUT2D eigenvalue weighted by atomic mass is 10.1. The lowest BCUT2D eigenvalue weighted by Crippen LogP contribution is -2.52. The van der Waals surface area contributed by atoms with Crippen molar-refractivity contribution in [1.82, 2.24) is 10.2 Å². The van der Waals surface area contributed by atoms with Gasteiger partial charge in [0.15, 0.2) is 0 Å². The van der Waals surface area contributed by atoms with E-state index in [1.807, 2.05) is 13.8 Å². The molecule has 0 aliphatic rings. The van der Waals surface area contributed by atoms with Crippen molar-refractivity contribution in [3.8, 4) is 5.75 Å². The van der Waals surface area contributed by atoms with E-state index < -0.39 is 28.5 Å². The molecule has 0 heterocycles. The van der Waals surface area contributed by atoms with Crippen LogP contribution in [0.25, 0.3) is 0 Å². The molecule has 208 valence electrons. The van der Waals surface area contributed by atoms with Crippen LogP contribution in [0.1, 0.15) is 33.3 Å². The zero-order chi connectivity index (χ0) is 28.6. The van der Waals surface area contributed by atoms with Crippen LogP contribution >= 0.6 is 11.6 Å². The number of benzene rings is 3. The Kier molecular flexibility index (Phi) is 10.4. The number of anilines is 1. The number of carbonyl (C=O) groups excluding carboxylic acids is 2. The Morgan fingerprint density at radius 2 is 1.54 bits per heavy atom. The number of hydrogen-bond donors (Lipinski definition) is 1. The maximum atomic E-state index is 14.0. The van der Waals surface area contributed by atoms with Crippen molar-refractivity contribution in [3.05, 3.63) is 89.4 Å². The zero-order valence-corrected chi connectivity index (χ0v) is 24.1. The van der Waals surface area contributed by atoms with Gasteiger partial charge in [0.2, 0.25) is 11.8 Å². The van der Waals surface area contributed by atoms with E-state index in [9.17, 15) is 18.0 Å². The van der Waals surface area contributed by atoms with E-state index in [0.717, 1.165) is 9.87 Å². The van der Waals surface area contributed by atoms with E-state index in [0.29, 0.717) is 17.4 Å². The van der Waals surface area contributed by atoms with Gasteiger partial charge in [0.1, 0.15) is 18.3 Å². The van der Waals surface area contributed by atoms with Crippen LogP contribution in [-0.2, 0) is 26.2 Å². The molecule has 39 heavy (non-hydrogen) atoms. The summed E-state index contributed by atoms with van der Waals surface area (Å²) >= 11 is 6.04. The number of ether oxygens (including phenoxy) is 1. The highest BCUT2D eigenvalue weighted by Gasteiger charge is 2.33. The monoisotopic (exact) mass is 571 g/mol. The molecule has 0 spiro atoms. The van der Waals surface area contributed by atoms with Gasteiger partial charge in [-0.05, 0) is 69.7 Å². The van der Waals surface area contributed by atoms with E-state index in [-0.39, 0.29) is 29.1 Å². The molecule has 0 aromatic heterocycles. The summed E-state index contributed by atoms with van der Waals surface area (Å²) in [6.45, 7) is 6.91. The number of amides is 2. The molecule has 1 atom stereocenters. The van der Waals surface area contributed by atoms with E-state index in [4.69, 9.17) is 16.3 Å². The van der Waals surface area contributed by atoms with Gasteiger partial charge in [0.25, 0.3) is 10.0 Å². The second-order valence-corrected chi connectivity index (χ2v) is 11.5. The van der Waals surface area contributed by atoms with Gasteiger partial charge in [-0.15, -0.1) is 0 Å². The number of nitrogens with zero attached hydrogens (tertiary/aromatic N) is 2. The van der Waals surface area contributed by atoms with Crippen LogP contribution in [0.15, 0.2) is 83.8 Å². The van der Waals surface area contributed by atoms with Crippen LogP contribution in [0.5, 0.6) is 5.75 Å². The van der Waals surface area contributed by atoms with Crippen molar-refractivity contribution in [1.29, 1.82) is 0 Å². The van der Waals surface area contributed by atoms with Gasteiger partial charge in [-0.3, -0.25) is 13.9 Å². The maximum absolute atomic E-state index is 14.0. The van der Waals surface area contributed by atoms with Gasteiger partial charge in [-0.2, -0.15) is 0 Å². The first-order chi connectivity index (χ1) is 18.5. The van der Waals surface area contributed by atoms with Crippen molar-refractivity contribution < 1.29 is 22.7 Å². The number of nitrogens with one attached hydrogen (secondary N) is 1. The molecular weight excluding hydrogens is 538 g/mol. The van der Waals surface area contributed by atoms with Crippen LogP contribution in [0.3, 0.4) is 0 Å². The minimum atomic E-state index is -4.18. The average Bonchev–Trinajstić information content (AvgIpc) is 2.91. The highest BCUT2D eigenvalue weighted by molar-refractivity contribution is 7.92. The number of sulfonamides is 1. The number of rotatable bonds is 12. The van der Waals surface area contributed by atoms with Crippen LogP contribution in [0, 0.1) is 0 Å². The number of para-hydroxylation sites is 2. The minimum absolute atomic E-state index is 0.0268. The summed E-state index contributed by atoms with van der Waals surface area (Å²) < 4.78 is 34.6. The second kappa shape index (κ2) is 13.5. The fourth-order valence-corrected chi connectivity index (χ4v) is 5.52. The molecule has 10 heteroatoms. The van der Waals surface area contributed by atoms with Crippen molar-refractivity contribution in [3.63, 3.8) is 0 Å². The molecule has 3 aromatic rings. The third-order valence-corrected chi connectivity index (χ3v) is 7.93. The normalized spacial score (nSPS) is 12.1. The van der Waals surface area contributed by atoms with E-state index >= 15 is 0 Å². The first-order valence-corrected chi connectivity index (χ1v) is 14.5. The summed E-state index contributed by atoms with van der Waals surface area (Å²) in [5.41, 5.74) is 0.964. The van der Waals surface area contributed by atoms with Crippen LogP contribution < -0.4 is 14.4 Å². The molecule has 0 saturated heterocycles. The highest BCUT2D eigenvalue weighted by atomic mass is 35.5. The molecular formula is C29H34ClN3O5S. The molecule has 1 N–H and O–H groups in total. The van der Waals surface area contributed by atoms with Crippen molar-refractivity contribution in [2.75, 3.05) is 17.5 Å². The first-order valence-electron chi connectivity index (χ1n) is 12.7. The predicted molar refractivity (Wildman–Crippen MR) is 153 cm³/mol. The number of hydrogen-bond acceptors (Lipinski definition) is 5. The molecule has 0 saturated carbocycles. The Balaban J connectivity index is 2.06. The molecule has 8 nitrogen and oxygen atoms in total. The van der Waals surface area contributed by atoms with E-state index in [1.165, 1.54) is 17.0 Å². The smallest absolute Gasteiger partial charge is 0.264 e. The summed E-state index contributed by atoms with van der Waals surface area (Å²) in [5, 5.41) is 3.37. The first kappa shape index (κ1) is 30.0. The molecule has 0 aliphatic carbocycles. The molecule has 0 fully saturated rings. The average molecular weight is 572 g/mol. The minimum Gasteiger partial charge on any atom is -0.492 e. The summed E-state index contributed by atoms with van der Waals surface area (Å²) in [4.78, 5) is 28.3. The zero-order valence-electron chi connectivity index (χ0n) is 22.5. The van der Waals surface area contributed by atoms with Crippen LogP contribution in [0.4, 0.5) is 5.69 Å². The Morgan fingerprint density at radius 3 is 2.15 bits per heavy atom. The van der Waals surface area contributed by atoms with Gasteiger partial charge in [-0.1, -0.05) is 54.1 Å². The largest absolute Gasteiger partial charge is 0.492 e. The van der Waals surface area contributed by atoms with Crippen molar-refractivity contribution in [2.45, 2.75) is 51.2 Å². The maximum Gasteiger partial charge on any atom is 0.264 e. The molecule has 0 unspecified atom stereocenters. The third kappa shape index (κ3) is 7.74. The summed E-state index contributed by atoms with van der Waals surface area (Å²) in [6.07, 6.45) is 0. The lowest BCUT2D eigenvalue weighted by molar-refractivity contribution is -0.139. The van der Waals surface area contributed by atoms with E-state index in [2.05, 4.69) is 5.32 Å². The highest BCUT2D eigenvalue weighted by Crippen LogP contribution is 2.32. The van der Waals surface area contributed by atoms with Crippen LogP contribution in [0.2, 0.25) is 5.02 Å². The predicted octanol–water partition coefficient (Wildman–Crippen LogP) is 4.88. The molecule has 3 aromatic carbocycles. The van der Waals surface area contributed by atoms with Gasteiger partial charge < -0.3 is 15.0 Å². The summed E-state index contributed by atoms with van der Waals surface area (Å²) in [7, 11) is -4.18. The van der Waals surface area contributed by atoms with Gasteiger partial charge in [-0.25, -0.2) is 8.42 Å². The topological polar surface area (TPSA) is 96.0 Å². The Hall–Kier alpha value is -3.56. The Morgan fingerprint density at radius 1 is 0.923 bits per heavy atom. The van der Waals surface area contributed by atoms with E-state index in [1.54, 1.807) is 80.6 Å². The fourth-order valence-electron chi connectivity index (χ4n) is 3.95. The summed E-state index contributed by atoms with van der Waals surface area (Å²) in [6, 6.07) is 20.5. The molecule has 0 radical (unpaired) electrons.